The molecule has 16 heavy (non-hydrogen) atoms. The zero-order valence-electron chi connectivity index (χ0n) is 8.56. The Morgan fingerprint density at radius 1 is 1.56 bits per heavy atom. The number of halogens is 1. The fourth-order valence-electron chi connectivity index (χ4n) is 1.77. The molecule has 0 saturated carbocycles. The maximum atomic E-state index is 11.3. The molecule has 2 rings (SSSR count). The Morgan fingerprint density at radius 3 is 2.75 bits per heavy atom. The summed E-state index contributed by atoms with van der Waals surface area (Å²) >= 11 is 4.82. The number of nitrogens with zero attached hydrogens (tertiary/aromatic N) is 1. The van der Waals surface area contributed by atoms with Crippen LogP contribution in [0.4, 0.5) is 0 Å². The third-order valence-electron chi connectivity index (χ3n) is 2.50. The molecule has 1 atom stereocenters. The minimum atomic E-state index is -0.795. The summed E-state index contributed by atoms with van der Waals surface area (Å²) in [6.07, 6.45) is 0. The number of ether oxygens (including phenoxy) is 1. The fraction of sp³-hybridized carbons (Fsp3) is 0.500. The van der Waals surface area contributed by atoms with Crippen LogP contribution >= 0.6 is 27.3 Å². The van der Waals surface area contributed by atoms with Gasteiger partial charge in [-0.15, -0.1) is 11.3 Å². The molecule has 1 N–H and O–H groups in total. The molecule has 1 aromatic rings. The average Bonchev–Trinajstić information content (AvgIpc) is 2.66. The topological polar surface area (TPSA) is 49.8 Å². The summed E-state index contributed by atoms with van der Waals surface area (Å²) in [6, 6.07) is 1.33. The molecule has 1 aromatic heterocycles. The standard InChI is InChI=1S/C10H12BrNO3S/c11-7-5-8(16-6-7)9(10(13)14)12-1-3-15-4-2-12/h5-6,9H,1-4H2,(H,13,14)/t9-/m1/s1. The molecule has 88 valence electrons. The molecule has 0 bridgehead atoms. The first-order chi connectivity index (χ1) is 7.68. The summed E-state index contributed by atoms with van der Waals surface area (Å²) in [5.74, 6) is -0.795. The molecule has 2 heterocycles. The molecule has 1 saturated heterocycles. The maximum Gasteiger partial charge on any atom is 0.326 e. The minimum Gasteiger partial charge on any atom is -0.480 e. The van der Waals surface area contributed by atoms with Crippen molar-refractivity contribution in [3.8, 4) is 0 Å². The highest BCUT2D eigenvalue weighted by Gasteiger charge is 2.29. The number of morpholine rings is 1. The number of carboxylic acids is 1. The van der Waals surface area contributed by atoms with Crippen molar-refractivity contribution in [1.29, 1.82) is 0 Å². The van der Waals surface area contributed by atoms with Gasteiger partial charge in [-0.3, -0.25) is 9.69 Å². The Balaban J connectivity index is 2.19. The number of thiophene rings is 1. The Hall–Kier alpha value is -0.430. The maximum absolute atomic E-state index is 11.3. The van der Waals surface area contributed by atoms with E-state index in [1.54, 1.807) is 0 Å². The van der Waals surface area contributed by atoms with E-state index in [0.29, 0.717) is 26.3 Å². The van der Waals surface area contributed by atoms with E-state index >= 15 is 0 Å². The van der Waals surface area contributed by atoms with Crippen LogP contribution < -0.4 is 0 Å². The van der Waals surface area contributed by atoms with Gasteiger partial charge in [0.25, 0.3) is 0 Å². The Labute approximate surface area is 106 Å². The van der Waals surface area contributed by atoms with Gasteiger partial charge in [-0.05, 0) is 22.0 Å². The summed E-state index contributed by atoms with van der Waals surface area (Å²) in [6.45, 7) is 2.56. The number of rotatable bonds is 3. The molecule has 1 aliphatic rings. The van der Waals surface area contributed by atoms with Crippen molar-refractivity contribution >= 4 is 33.2 Å². The van der Waals surface area contributed by atoms with Crippen molar-refractivity contribution in [2.45, 2.75) is 6.04 Å². The van der Waals surface area contributed by atoms with Crippen molar-refractivity contribution in [3.05, 3.63) is 20.8 Å². The molecular formula is C10H12BrNO3S. The van der Waals surface area contributed by atoms with Gasteiger partial charge in [0.2, 0.25) is 0 Å². The number of carboxylic acid groups (broad SMARTS) is 1. The van der Waals surface area contributed by atoms with E-state index in [1.807, 2.05) is 16.3 Å². The first-order valence-electron chi connectivity index (χ1n) is 4.97. The number of hydrogen-bond acceptors (Lipinski definition) is 4. The van der Waals surface area contributed by atoms with Gasteiger partial charge >= 0.3 is 5.97 Å². The molecule has 0 radical (unpaired) electrons. The second kappa shape index (κ2) is 5.27. The summed E-state index contributed by atoms with van der Waals surface area (Å²) in [4.78, 5) is 14.1. The predicted molar refractivity (Wildman–Crippen MR) is 64.8 cm³/mol. The van der Waals surface area contributed by atoms with Gasteiger partial charge in [-0.1, -0.05) is 0 Å². The van der Waals surface area contributed by atoms with Gasteiger partial charge in [0.15, 0.2) is 0 Å². The van der Waals surface area contributed by atoms with Gasteiger partial charge in [-0.2, -0.15) is 0 Å². The van der Waals surface area contributed by atoms with Crippen LogP contribution in [0.1, 0.15) is 10.9 Å². The summed E-state index contributed by atoms with van der Waals surface area (Å²) in [5.41, 5.74) is 0. The molecular weight excluding hydrogens is 294 g/mol. The minimum absolute atomic E-state index is 0.541. The van der Waals surface area contributed by atoms with Crippen LogP contribution in [0.25, 0.3) is 0 Å². The summed E-state index contributed by atoms with van der Waals surface area (Å²) in [5, 5.41) is 11.2. The zero-order valence-corrected chi connectivity index (χ0v) is 11.0. The summed E-state index contributed by atoms with van der Waals surface area (Å²) in [7, 11) is 0. The first kappa shape index (κ1) is 12.0. The Morgan fingerprint density at radius 2 is 2.25 bits per heavy atom. The third kappa shape index (κ3) is 2.63. The van der Waals surface area contributed by atoms with Crippen LogP contribution in [0.3, 0.4) is 0 Å². The van der Waals surface area contributed by atoms with Crippen LogP contribution in [0.2, 0.25) is 0 Å². The Bertz CT molecular complexity index is 376. The Kier molecular flexibility index (Phi) is 3.96. The molecule has 0 unspecified atom stereocenters. The van der Waals surface area contributed by atoms with Crippen LogP contribution in [0.15, 0.2) is 15.9 Å². The molecule has 4 nitrogen and oxygen atoms in total. The van der Waals surface area contributed by atoms with Crippen LogP contribution in [-0.4, -0.2) is 42.3 Å². The van der Waals surface area contributed by atoms with Crippen LogP contribution in [-0.2, 0) is 9.53 Å². The lowest BCUT2D eigenvalue weighted by Gasteiger charge is -2.31. The van der Waals surface area contributed by atoms with Crippen molar-refractivity contribution < 1.29 is 14.6 Å². The highest BCUT2D eigenvalue weighted by molar-refractivity contribution is 9.10. The second-order valence-electron chi connectivity index (χ2n) is 3.56. The zero-order chi connectivity index (χ0) is 11.5. The predicted octanol–water partition coefficient (Wildman–Crippen LogP) is 1.97. The molecule has 6 heteroatoms. The largest absolute Gasteiger partial charge is 0.480 e. The highest BCUT2D eigenvalue weighted by Crippen LogP contribution is 2.30. The molecule has 0 aromatic carbocycles. The molecule has 1 fully saturated rings. The van der Waals surface area contributed by atoms with E-state index in [2.05, 4.69) is 15.9 Å². The van der Waals surface area contributed by atoms with E-state index in [-0.39, 0.29) is 0 Å². The summed E-state index contributed by atoms with van der Waals surface area (Å²) < 4.78 is 6.17. The van der Waals surface area contributed by atoms with E-state index in [9.17, 15) is 9.90 Å². The van der Waals surface area contributed by atoms with Crippen molar-refractivity contribution in [2.75, 3.05) is 26.3 Å². The number of aliphatic carboxylic acids is 1. The van der Waals surface area contributed by atoms with Crippen LogP contribution in [0.5, 0.6) is 0 Å². The second-order valence-corrected chi connectivity index (χ2v) is 5.41. The van der Waals surface area contributed by atoms with E-state index in [1.165, 1.54) is 11.3 Å². The first-order valence-corrected chi connectivity index (χ1v) is 6.64. The SMILES string of the molecule is O=C(O)[C@@H](c1cc(Br)cs1)N1CCOCC1. The van der Waals surface area contributed by atoms with Crippen LogP contribution in [0, 0.1) is 0 Å². The lowest BCUT2D eigenvalue weighted by atomic mass is 10.2. The van der Waals surface area contributed by atoms with E-state index in [0.717, 1.165) is 9.35 Å². The van der Waals surface area contributed by atoms with Gasteiger partial charge in [0.1, 0.15) is 6.04 Å². The van der Waals surface area contributed by atoms with E-state index < -0.39 is 12.0 Å². The van der Waals surface area contributed by atoms with Crippen molar-refractivity contribution in [1.82, 2.24) is 4.90 Å². The monoisotopic (exact) mass is 305 g/mol. The van der Waals surface area contributed by atoms with Gasteiger partial charge in [0, 0.05) is 27.8 Å². The lowest BCUT2D eigenvalue weighted by molar-refractivity contribution is -0.145. The lowest BCUT2D eigenvalue weighted by Crippen LogP contribution is -2.41. The number of hydrogen-bond donors (Lipinski definition) is 1. The molecule has 1 aliphatic heterocycles. The van der Waals surface area contributed by atoms with Crippen molar-refractivity contribution in [3.63, 3.8) is 0 Å². The molecule has 0 spiro atoms. The smallest absolute Gasteiger partial charge is 0.326 e. The van der Waals surface area contributed by atoms with Gasteiger partial charge < -0.3 is 9.84 Å². The molecule has 0 aliphatic carbocycles. The van der Waals surface area contributed by atoms with Crippen molar-refractivity contribution in [2.24, 2.45) is 0 Å². The highest BCUT2D eigenvalue weighted by atomic mass is 79.9. The average molecular weight is 306 g/mol. The number of carbonyl (C=O) groups is 1. The third-order valence-corrected chi connectivity index (χ3v) is 4.25. The van der Waals surface area contributed by atoms with E-state index in [4.69, 9.17) is 4.74 Å². The van der Waals surface area contributed by atoms with Gasteiger partial charge in [0.05, 0.1) is 13.2 Å². The quantitative estimate of drug-likeness (QED) is 0.927. The molecule has 0 amide bonds. The van der Waals surface area contributed by atoms with Gasteiger partial charge in [-0.25, -0.2) is 0 Å². The fourth-order valence-corrected chi connectivity index (χ4v) is 3.33. The normalized spacial score (nSPS) is 19.6.